The van der Waals surface area contributed by atoms with Gasteiger partial charge in [0.1, 0.15) is 19.0 Å². The van der Waals surface area contributed by atoms with Gasteiger partial charge in [0.2, 0.25) is 0 Å². The zero-order chi connectivity index (χ0) is 26.9. The van der Waals surface area contributed by atoms with Gasteiger partial charge in [0, 0.05) is 10.6 Å². The second kappa shape index (κ2) is 13.5. The maximum absolute atomic E-state index is 12.2. The first kappa shape index (κ1) is 27.7. The third-order valence-electron chi connectivity index (χ3n) is 5.36. The predicted molar refractivity (Wildman–Crippen MR) is 156 cm³/mol. The Morgan fingerprint density at radius 3 is 2.24 bits per heavy atom. The smallest absolute Gasteiger partial charge is 0.271 e. The van der Waals surface area contributed by atoms with Crippen molar-refractivity contribution in [3.63, 3.8) is 0 Å². The molecular formula is C29H23Br2ClN2O4. The Labute approximate surface area is 242 Å². The van der Waals surface area contributed by atoms with Crippen molar-refractivity contribution in [2.75, 3.05) is 7.11 Å². The van der Waals surface area contributed by atoms with Crippen molar-refractivity contribution in [1.82, 2.24) is 5.43 Å². The van der Waals surface area contributed by atoms with Crippen molar-refractivity contribution >= 4 is 55.6 Å². The van der Waals surface area contributed by atoms with E-state index in [4.69, 9.17) is 25.8 Å². The summed E-state index contributed by atoms with van der Waals surface area (Å²) < 4.78 is 19.0. The Kier molecular flexibility index (Phi) is 9.81. The van der Waals surface area contributed by atoms with E-state index in [0.717, 1.165) is 25.6 Å². The summed E-state index contributed by atoms with van der Waals surface area (Å²) >= 11 is 13.0. The number of hydrazone groups is 1. The van der Waals surface area contributed by atoms with E-state index in [9.17, 15) is 4.79 Å². The lowest BCUT2D eigenvalue weighted by molar-refractivity contribution is 0.0955. The van der Waals surface area contributed by atoms with Crippen molar-refractivity contribution in [3.8, 4) is 17.2 Å². The van der Waals surface area contributed by atoms with Gasteiger partial charge >= 0.3 is 0 Å². The molecule has 38 heavy (non-hydrogen) atoms. The molecule has 4 aromatic rings. The molecule has 0 bridgehead atoms. The summed E-state index contributed by atoms with van der Waals surface area (Å²) in [6.07, 6.45) is 1.55. The average Bonchev–Trinajstić information content (AvgIpc) is 2.92. The van der Waals surface area contributed by atoms with Crippen LogP contribution < -0.4 is 19.6 Å². The first-order valence-corrected chi connectivity index (χ1v) is 13.4. The van der Waals surface area contributed by atoms with Gasteiger partial charge in [-0.15, -0.1) is 0 Å². The SMILES string of the molecule is COc1cc(COc2c(Br)cc(/C=N/NC(=O)c3ccc(Cl)cc3)cc2Br)ccc1OCc1ccccc1. The molecule has 9 heteroatoms. The van der Waals surface area contributed by atoms with Crippen LogP contribution in [0.4, 0.5) is 0 Å². The van der Waals surface area contributed by atoms with Crippen LogP contribution in [-0.4, -0.2) is 19.2 Å². The summed E-state index contributed by atoms with van der Waals surface area (Å²) in [6.45, 7) is 0.768. The van der Waals surface area contributed by atoms with E-state index >= 15 is 0 Å². The molecule has 1 N–H and O–H groups in total. The highest BCUT2D eigenvalue weighted by atomic mass is 79.9. The first-order valence-electron chi connectivity index (χ1n) is 11.5. The lowest BCUT2D eigenvalue weighted by atomic mass is 10.2. The van der Waals surface area contributed by atoms with Crippen molar-refractivity contribution in [2.45, 2.75) is 13.2 Å². The molecule has 0 aliphatic rings. The number of nitrogens with one attached hydrogen (secondary N) is 1. The fraction of sp³-hybridized carbons (Fsp3) is 0.103. The highest BCUT2D eigenvalue weighted by Crippen LogP contribution is 2.36. The maximum atomic E-state index is 12.2. The largest absolute Gasteiger partial charge is 0.493 e. The number of benzene rings is 4. The number of carbonyl (C=O) groups excluding carboxylic acids is 1. The monoisotopic (exact) mass is 656 g/mol. The van der Waals surface area contributed by atoms with Gasteiger partial charge in [0.25, 0.3) is 5.91 Å². The summed E-state index contributed by atoms with van der Waals surface area (Å²) in [7, 11) is 1.61. The summed E-state index contributed by atoms with van der Waals surface area (Å²) in [6, 6.07) is 25.9. The molecule has 0 aliphatic carbocycles. The molecule has 6 nitrogen and oxygen atoms in total. The number of rotatable bonds is 10. The van der Waals surface area contributed by atoms with Crippen LogP contribution in [0.25, 0.3) is 0 Å². The van der Waals surface area contributed by atoms with Gasteiger partial charge < -0.3 is 14.2 Å². The molecule has 0 aliphatic heterocycles. The Balaban J connectivity index is 1.36. The molecule has 0 spiro atoms. The van der Waals surface area contributed by atoms with Crippen LogP contribution in [0.5, 0.6) is 17.2 Å². The van der Waals surface area contributed by atoms with Crippen molar-refractivity contribution in [1.29, 1.82) is 0 Å². The minimum Gasteiger partial charge on any atom is -0.493 e. The minimum atomic E-state index is -0.331. The number of methoxy groups -OCH3 is 1. The molecule has 0 radical (unpaired) electrons. The van der Waals surface area contributed by atoms with Crippen LogP contribution in [0.1, 0.15) is 27.0 Å². The van der Waals surface area contributed by atoms with E-state index in [1.807, 2.05) is 60.7 Å². The number of amides is 1. The van der Waals surface area contributed by atoms with E-state index in [2.05, 4.69) is 42.4 Å². The lowest BCUT2D eigenvalue weighted by Crippen LogP contribution is -2.17. The Hall–Kier alpha value is -3.33. The number of ether oxygens (including phenoxy) is 3. The summed E-state index contributed by atoms with van der Waals surface area (Å²) in [5.41, 5.74) is 5.72. The topological polar surface area (TPSA) is 69.2 Å². The van der Waals surface area contributed by atoms with E-state index in [-0.39, 0.29) is 5.91 Å². The van der Waals surface area contributed by atoms with Crippen molar-refractivity contribution < 1.29 is 19.0 Å². The molecular weight excluding hydrogens is 636 g/mol. The van der Waals surface area contributed by atoms with Crippen molar-refractivity contribution in [3.05, 3.63) is 121 Å². The van der Waals surface area contributed by atoms with Gasteiger partial charge in [-0.25, -0.2) is 5.43 Å². The van der Waals surface area contributed by atoms with E-state index in [1.54, 1.807) is 37.6 Å². The quantitative estimate of drug-likeness (QED) is 0.140. The van der Waals surface area contributed by atoms with Gasteiger partial charge in [0.15, 0.2) is 11.5 Å². The predicted octanol–water partition coefficient (Wildman–Crippen LogP) is 7.80. The molecule has 0 fully saturated rings. The van der Waals surface area contributed by atoms with E-state index in [0.29, 0.717) is 41.0 Å². The fourth-order valence-electron chi connectivity index (χ4n) is 3.44. The highest BCUT2D eigenvalue weighted by Gasteiger charge is 2.11. The molecule has 1 amide bonds. The molecule has 0 aromatic heterocycles. The highest BCUT2D eigenvalue weighted by molar-refractivity contribution is 9.11. The molecule has 194 valence electrons. The molecule has 0 heterocycles. The van der Waals surface area contributed by atoms with Crippen LogP contribution in [0.2, 0.25) is 5.02 Å². The molecule has 4 rings (SSSR count). The number of halogens is 3. The fourth-order valence-corrected chi connectivity index (χ4v) is 5.01. The van der Waals surface area contributed by atoms with Crippen LogP contribution in [0.15, 0.2) is 99.0 Å². The van der Waals surface area contributed by atoms with Crippen molar-refractivity contribution in [2.24, 2.45) is 5.10 Å². The van der Waals surface area contributed by atoms with E-state index < -0.39 is 0 Å². The number of hydrogen-bond acceptors (Lipinski definition) is 5. The zero-order valence-electron chi connectivity index (χ0n) is 20.3. The molecule has 4 aromatic carbocycles. The van der Waals surface area contributed by atoms with Crippen LogP contribution in [0, 0.1) is 0 Å². The Morgan fingerprint density at radius 1 is 0.868 bits per heavy atom. The lowest BCUT2D eigenvalue weighted by Gasteiger charge is -2.14. The summed E-state index contributed by atoms with van der Waals surface area (Å²) in [4.78, 5) is 12.2. The van der Waals surface area contributed by atoms with E-state index in [1.165, 1.54) is 0 Å². The number of hydrogen-bond donors (Lipinski definition) is 1. The van der Waals surface area contributed by atoms with Gasteiger partial charge in [-0.05, 0) is 97.1 Å². The zero-order valence-corrected chi connectivity index (χ0v) is 24.2. The molecule has 0 saturated carbocycles. The summed E-state index contributed by atoms with van der Waals surface area (Å²) in [5.74, 6) is 1.60. The normalized spacial score (nSPS) is 10.8. The number of carbonyl (C=O) groups is 1. The number of nitrogens with zero attached hydrogens (tertiary/aromatic N) is 1. The third kappa shape index (κ3) is 7.60. The minimum absolute atomic E-state index is 0.317. The summed E-state index contributed by atoms with van der Waals surface area (Å²) in [5, 5.41) is 4.60. The molecule has 0 atom stereocenters. The molecule has 0 unspecified atom stereocenters. The molecule has 0 saturated heterocycles. The Morgan fingerprint density at radius 2 is 1.55 bits per heavy atom. The standard InChI is InChI=1S/C29H23Br2ClN2O4/c1-36-27-15-20(7-12-26(27)37-17-19-5-3-2-4-6-19)18-38-28-24(30)13-21(14-25(28)31)16-33-34-29(35)22-8-10-23(32)11-9-22/h2-16H,17-18H2,1H3,(H,34,35)/b33-16+. The second-order valence-corrected chi connectivity index (χ2v) is 10.2. The Bertz CT molecular complexity index is 1410. The van der Waals surface area contributed by atoms with Gasteiger partial charge in [-0.1, -0.05) is 48.0 Å². The van der Waals surface area contributed by atoms with Crippen LogP contribution in [0.3, 0.4) is 0 Å². The van der Waals surface area contributed by atoms with Gasteiger partial charge in [-0.3, -0.25) is 4.79 Å². The van der Waals surface area contributed by atoms with Crippen LogP contribution >= 0.6 is 43.5 Å². The third-order valence-corrected chi connectivity index (χ3v) is 6.79. The first-order chi connectivity index (χ1) is 18.4. The van der Waals surface area contributed by atoms with Crippen LogP contribution in [-0.2, 0) is 13.2 Å². The van der Waals surface area contributed by atoms with Gasteiger partial charge in [0.05, 0.1) is 22.3 Å². The van der Waals surface area contributed by atoms with Gasteiger partial charge in [-0.2, -0.15) is 5.10 Å². The maximum Gasteiger partial charge on any atom is 0.271 e. The average molecular weight is 659 g/mol. The second-order valence-electron chi connectivity index (χ2n) is 8.07.